The SMILES string of the molecule is Cc1cc(C(=O)NCc2ccnc(N3CCOCC3)c2)nn1C(C)C. The molecule has 2 aromatic rings. The van der Waals surface area contributed by atoms with E-state index < -0.39 is 0 Å². The molecule has 7 heteroatoms. The molecule has 0 saturated carbocycles. The maximum atomic E-state index is 12.4. The zero-order chi connectivity index (χ0) is 17.8. The summed E-state index contributed by atoms with van der Waals surface area (Å²) in [5.41, 5.74) is 2.46. The van der Waals surface area contributed by atoms with Crippen LogP contribution < -0.4 is 10.2 Å². The Morgan fingerprint density at radius 1 is 1.32 bits per heavy atom. The van der Waals surface area contributed by atoms with E-state index in [2.05, 4.69) is 20.3 Å². The van der Waals surface area contributed by atoms with Crippen molar-refractivity contribution < 1.29 is 9.53 Å². The van der Waals surface area contributed by atoms with Gasteiger partial charge in [0.15, 0.2) is 0 Å². The predicted octanol–water partition coefficient (Wildman–Crippen LogP) is 1.93. The number of carbonyl (C=O) groups is 1. The van der Waals surface area contributed by atoms with E-state index in [1.54, 1.807) is 6.20 Å². The molecule has 25 heavy (non-hydrogen) atoms. The summed E-state index contributed by atoms with van der Waals surface area (Å²) < 4.78 is 7.23. The summed E-state index contributed by atoms with van der Waals surface area (Å²) in [6.07, 6.45) is 1.78. The molecule has 1 saturated heterocycles. The van der Waals surface area contributed by atoms with E-state index in [1.807, 2.05) is 43.7 Å². The lowest BCUT2D eigenvalue weighted by Crippen LogP contribution is -2.36. The summed E-state index contributed by atoms with van der Waals surface area (Å²) in [6.45, 7) is 9.63. The molecule has 7 nitrogen and oxygen atoms in total. The maximum Gasteiger partial charge on any atom is 0.272 e. The Morgan fingerprint density at radius 2 is 2.08 bits per heavy atom. The van der Waals surface area contributed by atoms with Crippen LogP contribution in [0.1, 0.15) is 41.6 Å². The van der Waals surface area contributed by atoms with Crippen molar-refractivity contribution in [3.63, 3.8) is 0 Å². The second-order valence-electron chi connectivity index (χ2n) is 6.51. The van der Waals surface area contributed by atoms with Crippen LogP contribution in [-0.2, 0) is 11.3 Å². The first-order chi connectivity index (χ1) is 12.0. The molecule has 1 amide bonds. The van der Waals surface area contributed by atoms with Crippen LogP contribution in [0.5, 0.6) is 0 Å². The lowest BCUT2D eigenvalue weighted by atomic mass is 10.2. The lowest BCUT2D eigenvalue weighted by Gasteiger charge is -2.28. The van der Waals surface area contributed by atoms with Crippen molar-refractivity contribution in [2.45, 2.75) is 33.4 Å². The van der Waals surface area contributed by atoms with Gasteiger partial charge in [0.2, 0.25) is 0 Å². The standard InChI is InChI=1S/C18H25N5O2/c1-13(2)23-14(3)10-16(21-23)18(24)20-12-15-4-5-19-17(11-15)22-6-8-25-9-7-22/h4-5,10-11,13H,6-9,12H2,1-3H3,(H,20,24). The number of nitrogens with one attached hydrogen (secondary N) is 1. The van der Waals surface area contributed by atoms with E-state index in [4.69, 9.17) is 4.74 Å². The third kappa shape index (κ3) is 4.17. The zero-order valence-corrected chi connectivity index (χ0v) is 15.0. The first-order valence-electron chi connectivity index (χ1n) is 8.66. The lowest BCUT2D eigenvalue weighted by molar-refractivity contribution is 0.0945. The molecule has 0 atom stereocenters. The van der Waals surface area contributed by atoms with Gasteiger partial charge in [0.25, 0.3) is 5.91 Å². The monoisotopic (exact) mass is 343 g/mol. The van der Waals surface area contributed by atoms with Crippen molar-refractivity contribution >= 4 is 11.7 Å². The second-order valence-corrected chi connectivity index (χ2v) is 6.51. The number of amides is 1. The van der Waals surface area contributed by atoms with E-state index >= 15 is 0 Å². The van der Waals surface area contributed by atoms with Gasteiger partial charge >= 0.3 is 0 Å². The smallest absolute Gasteiger partial charge is 0.272 e. The van der Waals surface area contributed by atoms with Gasteiger partial charge in [-0.25, -0.2) is 4.98 Å². The number of anilines is 1. The molecule has 3 rings (SSSR count). The fraction of sp³-hybridized carbons (Fsp3) is 0.500. The summed E-state index contributed by atoms with van der Waals surface area (Å²) >= 11 is 0. The van der Waals surface area contributed by atoms with Crippen molar-refractivity contribution in [3.8, 4) is 0 Å². The number of hydrogen-bond acceptors (Lipinski definition) is 5. The van der Waals surface area contributed by atoms with E-state index in [-0.39, 0.29) is 11.9 Å². The fourth-order valence-electron chi connectivity index (χ4n) is 2.93. The molecule has 0 bridgehead atoms. The third-order valence-electron chi connectivity index (χ3n) is 4.24. The number of aromatic nitrogens is 3. The molecule has 134 valence electrons. The van der Waals surface area contributed by atoms with Crippen LogP contribution in [0.4, 0.5) is 5.82 Å². The largest absolute Gasteiger partial charge is 0.378 e. The number of hydrogen-bond donors (Lipinski definition) is 1. The number of ether oxygens (including phenoxy) is 1. The molecule has 1 fully saturated rings. The Hall–Kier alpha value is -2.41. The summed E-state index contributed by atoms with van der Waals surface area (Å²) in [5, 5.41) is 7.32. The van der Waals surface area contributed by atoms with Crippen LogP contribution in [0.25, 0.3) is 0 Å². The van der Waals surface area contributed by atoms with Gasteiger partial charge in [-0.2, -0.15) is 5.10 Å². The fourth-order valence-corrected chi connectivity index (χ4v) is 2.93. The molecule has 0 radical (unpaired) electrons. The van der Waals surface area contributed by atoms with Crippen LogP contribution in [-0.4, -0.2) is 47.0 Å². The average molecular weight is 343 g/mol. The molecule has 0 unspecified atom stereocenters. The van der Waals surface area contributed by atoms with Gasteiger partial charge in [-0.15, -0.1) is 0 Å². The molecule has 3 heterocycles. The Labute approximate surface area is 148 Å². The van der Waals surface area contributed by atoms with Crippen LogP contribution in [0, 0.1) is 6.92 Å². The van der Waals surface area contributed by atoms with Crippen LogP contribution in [0.3, 0.4) is 0 Å². The summed E-state index contributed by atoms with van der Waals surface area (Å²) in [4.78, 5) is 19.0. The zero-order valence-electron chi connectivity index (χ0n) is 15.0. The topological polar surface area (TPSA) is 72.3 Å². The number of morpholine rings is 1. The molecule has 0 aliphatic carbocycles. The molecule has 1 N–H and O–H groups in total. The second kappa shape index (κ2) is 7.65. The number of carbonyl (C=O) groups excluding carboxylic acids is 1. The number of aryl methyl sites for hydroxylation is 1. The van der Waals surface area contributed by atoms with Crippen LogP contribution in [0.15, 0.2) is 24.4 Å². The summed E-state index contributed by atoms with van der Waals surface area (Å²) in [7, 11) is 0. The van der Waals surface area contributed by atoms with Gasteiger partial charge in [0, 0.05) is 37.6 Å². The highest BCUT2D eigenvalue weighted by molar-refractivity contribution is 5.92. The van der Waals surface area contributed by atoms with E-state index in [1.165, 1.54) is 0 Å². The minimum absolute atomic E-state index is 0.160. The van der Waals surface area contributed by atoms with Crippen molar-refractivity contribution in [3.05, 3.63) is 41.3 Å². The van der Waals surface area contributed by atoms with Crippen LogP contribution in [0.2, 0.25) is 0 Å². The maximum absolute atomic E-state index is 12.4. The Morgan fingerprint density at radius 3 is 2.76 bits per heavy atom. The number of rotatable bonds is 5. The highest BCUT2D eigenvalue weighted by Crippen LogP contribution is 2.15. The quantitative estimate of drug-likeness (QED) is 0.898. The van der Waals surface area contributed by atoms with E-state index in [9.17, 15) is 4.79 Å². The highest BCUT2D eigenvalue weighted by Gasteiger charge is 2.15. The molecule has 1 aliphatic heterocycles. The van der Waals surface area contributed by atoms with E-state index in [0.29, 0.717) is 12.2 Å². The van der Waals surface area contributed by atoms with Crippen molar-refractivity contribution in [1.29, 1.82) is 0 Å². The summed E-state index contributed by atoms with van der Waals surface area (Å²) in [5.74, 6) is 0.766. The first-order valence-corrected chi connectivity index (χ1v) is 8.66. The molecule has 0 aromatic carbocycles. The molecule has 2 aromatic heterocycles. The van der Waals surface area contributed by atoms with E-state index in [0.717, 1.165) is 43.4 Å². The normalized spacial score (nSPS) is 14.8. The average Bonchev–Trinajstić information content (AvgIpc) is 3.03. The van der Waals surface area contributed by atoms with Crippen molar-refractivity contribution in [1.82, 2.24) is 20.1 Å². The van der Waals surface area contributed by atoms with Crippen LogP contribution >= 0.6 is 0 Å². The molecular weight excluding hydrogens is 318 g/mol. The van der Waals surface area contributed by atoms with Gasteiger partial charge in [-0.3, -0.25) is 9.48 Å². The number of pyridine rings is 1. The minimum Gasteiger partial charge on any atom is -0.378 e. The molecule has 1 aliphatic rings. The minimum atomic E-state index is -0.160. The number of nitrogens with zero attached hydrogens (tertiary/aromatic N) is 4. The summed E-state index contributed by atoms with van der Waals surface area (Å²) in [6, 6.07) is 5.99. The molecular formula is C18H25N5O2. The van der Waals surface area contributed by atoms with Gasteiger partial charge in [-0.05, 0) is 44.5 Å². The highest BCUT2D eigenvalue weighted by atomic mass is 16.5. The Balaban J connectivity index is 1.63. The van der Waals surface area contributed by atoms with Gasteiger partial charge in [0.1, 0.15) is 11.5 Å². The predicted molar refractivity (Wildman–Crippen MR) is 95.8 cm³/mol. The van der Waals surface area contributed by atoms with Gasteiger partial charge in [0.05, 0.1) is 13.2 Å². The Kier molecular flexibility index (Phi) is 5.33. The molecule has 0 spiro atoms. The van der Waals surface area contributed by atoms with Gasteiger partial charge in [-0.1, -0.05) is 0 Å². The van der Waals surface area contributed by atoms with Crippen molar-refractivity contribution in [2.24, 2.45) is 0 Å². The third-order valence-corrected chi connectivity index (χ3v) is 4.24. The Bertz CT molecular complexity index is 735. The van der Waals surface area contributed by atoms with Gasteiger partial charge < -0.3 is 15.0 Å². The van der Waals surface area contributed by atoms with Crippen molar-refractivity contribution in [2.75, 3.05) is 31.2 Å². The first kappa shape index (κ1) is 17.4.